The fourth-order valence-corrected chi connectivity index (χ4v) is 2.51. The fourth-order valence-electron chi connectivity index (χ4n) is 2.51. The average molecular weight is 231 g/mol. The molecule has 0 N–H and O–H groups in total. The van der Waals surface area contributed by atoms with E-state index in [4.69, 9.17) is 0 Å². The second kappa shape index (κ2) is 5.85. The summed E-state index contributed by atoms with van der Waals surface area (Å²) in [6.07, 6.45) is 5.11. The summed E-state index contributed by atoms with van der Waals surface area (Å²) >= 11 is 0. The summed E-state index contributed by atoms with van der Waals surface area (Å²) in [5.41, 5.74) is 1.26. The molecule has 2 nitrogen and oxygen atoms in total. The van der Waals surface area contributed by atoms with E-state index in [1.54, 1.807) is 0 Å². The van der Waals surface area contributed by atoms with Crippen LogP contribution in [0.25, 0.3) is 0 Å². The molecule has 1 aromatic rings. The summed E-state index contributed by atoms with van der Waals surface area (Å²) < 4.78 is 0. The van der Waals surface area contributed by atoms with Gasteiger partial charge in [-0.2, -0.15) is 0 Å². The van der Waals surface area contributed by atoms with Crippen molar-refractivity contribution in [2.45, 2.75) is 45.1 Å². The molecule has 92 valence electrons. The number of benzene rings is 1. The molecule has 1 fully saturated rings. The van der Waals surface area contributed by atoms with E-state index in [-0.39, 0.29) is 0 Å². The van der Waals surface area contributed by atoms with E-state index in [2.05, 4.69) is 24.0 Å². The molecule has 2 heteroatoms. The molecule has 1 saturated heterocycles. The molecule has 0 spiro atoms. The Labute approximate surface area is 104 Å². The van der Waals surface area contributed by atoms with E-state index >= 15 is 0 Å². The number of hydrogen-bond donors (Lipinski definition) is 0. The predicted octanol–water partition coefficient (Wildman–Crippen LogP) is 3.02. The predicted molar refractivity (Wildman–Crippen MR) is 69.8 cm³/mol. The quantitative estimate of drug-likeness (QED) is 0.783. The lowest BCUT2D eigenvalue weighted by molar-refractivity contribution is -0.134. The molecule has 0 aliphatic carbocycles. The van der Waals surface area contributed by atoms with Crippen molar-refractivity contribution in [3.63, 3.8) is 0 Å². The number of carbonyl (C=O) groups excluding carboxylic acids is 1. The SMILES string of the molecule is C[C@H]1CCCCN1C(=O)CCc1ccccc1. The summed E-state index contributed by atoms with van der Waals surface area (Å²) in [7, 11) is 0. The van der Waals surface area contributed by atoms with Crippen LogP contribution < -0.4 is 0 Å². The first-order valence-corrected chi connectivity index (χ1v) is 6.61. The highest BCUT2D eigenvalue weighted by Gasteiger charge is 2.22. The maximum Gasteiger partial charge on any atom is 0.223 e. The lowest BCUT2D eigenvalue weighted by Gasteiger charge is -2.33. The van der Waals surface area contributed by atoms with Crippen LogP contribution in [0.15, 0.2) is 30.3 Å². The van der Waals surface area contributed by atoms with Crippen molar-refractivity contribution in [2.75, 3.05) is 6.54 Å². The Morgan fingerprint density at radius 1 is 1.29 bits per heavy atom. The number of hydrogen-bond acceptors (Lipinski definition) is 1. The van der Waals surface area contributed by atoms with E-state index < -0.39 is 0 Å². The molecule has 1 amide bonds. The number of likely N-dealkylation sites (tertiary alicyclic amines) is 1. The number of aryl methyl sites for hydroxylation is 1. The van der Waals surface area contributed by atoms with Gasteiger partial charge in [0.1, 0.15) is 0 Å². The van der Waals surface area contributed by atoms with Gasteiger partial charge in [-0.1, -0.05) is 30.3 Å². The van der Waals surface area contributed by atoms with E-state index in [1.165, 1.54) is 18.4 Å². The third-order valence-electron chi connectivity index (χ3n) is 3.59. The Hall–Kier alpha value is -1.31. The largest absolute Gasteiger partial charge is 0.340 e. The van der Waals surface area contributed by atoms with Gasteiger partial charge >= 0.3 is 0 Å². The lowest BCUT2D eigenvalue weighted by atomic mass is 10.0. The van der Waals surface area contributed by atoms with Gasteiger partial charge in [-0.15, -0.1) is 0 Å². The van der Waals surface area contributed by atoms with E-state index in [1.807, 2.05) is 18.2 Å². The van der Waals surface area contributed by atoms with Crippen LogP contribution >= 0.6 is 0 Å². The lowest BCUT2D eigenvalue weighted by Crippen LogP contribution is -2.42. The van der Waals surface area contributed by atoms with Gasteiger partial charge in [0.05, 0.1) is 0 Å². The minimum atomic E-state index is 0.320. The van der Waals surface area contributed by atoms with Gasteiger partial charge in [-0.3, -0.25) is 4.79 Å². The molecular weight excluding hydrogens is 210 g/mol. The smallest absolute Gasteiger partial charge is 0.223 e. The monoisotopic (exact) mass is 231 g/mol. The molecule has 1 aliphatic heterocycles. The first-order chi connectivity index (χ1) is 8.27. The van der Waals surface area contributed by atoms with Crippen molar-refractivity contribution in [1.29, 1.82) is 0 Å². The molecule has 17 heavy (non-hydrogen) atoms. The second-order valence-corrected chi connectivity index (χ2v) is 4.92. The zero-order chi connectivity index (χ0) is 12.1. The van der Waals surface area contributed by atoms with Crippen molar-refractivity contribution in [3.8, 4) is 0 Å². The molecular formula is C15H21NO. The molecule has 1 aliphatic rings. The van der Waals surface area contributed by atoms with Crippen molar-refractivity contribution >= 4 is 5.91 Å². The highest BCUT2D eigenvalue weighted by Crippen LogP contribution is 2.17. The van der Waals surface area contributed by atoms with Gasteiger partial charge in [-0.05, 0) is 38.2 Å². The van der Waals surface area contributed by atoms with Gasteiger partial charge in [0.25, 0.3) is 0 Å². The molecule has 1 aromatic carbocycles. The highest BCUT2D eigenvalue weighted by molar-refractivity contribution is 5.76. The van der Waals surface area contributed by atoms with Crippen LogP contribution in [-0.2, 0) is 11.2 Å². The Balaban J connectivity index is 1.84. The van der Waals surface area contributed by atoms with Gasteiger partial charge in [0, 0.05) is 19.0 Å². The third-order valence-corrected chi connectivity index (χ3v) is 3.59. The van der Waals surface area contributed by atoms with Crippen molar-refractivity contribution in [1.82, 2.24) is 4.90 Å². The first kappa shape index (κ1) is 12.2. The zero-order valence-electron chi connectivity index (χ0n) is 10.6. The Kier molecular flexibility index (Phi) is 4.18. The van der Waals surface area contributed by atoms with Gasteiger partial charge in [0.15, 0.2) is 0 Å². The van der Waals surface area contributed by atoms with Crippen molar-refractivity contribution in [3.05, 3.63) is 35.9 Å². The Bertz CT molecular complexity index is 360. The Morgan fingerprint density at radius 2 is 2.06 bits per heavy atom. The minimum Gasteiger partial charge on any atom is -0.340 e. The standard InChI is InChI=1S/C15H21NO/c1-13-7-5-6-12-16(13)15(17)11-10-14-8-3-2-4-9-14/h2-4,8-9,13H,5-7,10-12H2,1H3/t13-/m0/s1. The second-order valence-electron chi connectivity index (χ2n) is 4.92. The minimum absolute atomic E-state index is 0.320. The number of piperidine rings is 1. The maximum absolute atomic E-state index is 12.1. The van der Waals surface area contributed by atoms with E-state index in [0.29, 0.717) is 18.4 Å². The van der Waals surface area contributed by atoms with Gasteiger partial charge < -0.3 is 4.90 Å². The number of amides is 1. The molecule has 0 bridgehead atoms. The van der Waals surface area contributed by atoms with E-state index in [9.17, 15) is 4.79 Å². The summed E-state index contributed by atoms with van der Waals surface area (Å²) in [6.45, 7) is 3.12. The van der Waals surface area contributed by atoms with Crippen LogP contribution in [0.4, 0.5) is 0 Å². The third kappa shape index (κ3) is 3.32. The van der Waals surface area contributed by atoms with Crippen LogP contribution in [-0.4, -0.2) is 23.4 Å². The van der Waals surface area contributed by atoms with E-state index in [0.717, 1.165) is 19.4 Å². The number of nitrogens with zero attached hydrogens (tertiary/aromatic N) is 1. The zero-order valence-corrected chi connectivity index (χ0v) is 10.6. The van der Waals surface area contributed by atoms with Gasteiger partial charge in [0.2, 0.25) is 5.91 Å². The van der Waals surface area contributed by atoms with Crippen molar-refractivity contribution < 1.29 is 4.79 Å². The normalized spacial score (nSPS) is 20.3. The summed E-state index contributed by atoms with van der Waals surface area (Å²) in [6, 6.07) is 10.7. The molecule has 0 aromatic heterocycles. The summed E-state index contributed by atoms with van der Waals surface area (Å²) in [4.78, 5) is 14.2. The average Bonchev–Trinajstić information content (AvgIpc) is 2.38. The molecule has 1 atom stereocenters. The first-order valence-electron chi connectivity index (χ1n) is 6.61. The van der Waals surface area contributed by atoms with Crippen molar-refractivity contribution in [2.24, 2.45) is 0 Å². The number of carbonyl (C=O) groups is 1. The van der Waals surface area contributed by atoms with Crippen LogP contribution in [0.5, 0.6) is 0 Å². The van der Waals surface area contributed by atoms with Crippen LogP contribution in [0.1, 0.15) is 38.2 Å². The molecule has 0 unspecified atom stereocenters. The maximum atomic E-state index is 12.1. The molecule has 1 heterocycles. The van der Waals surface area contributed by atoms with Crippen LogP contribution in [0, 0.1) is 0 Å². The van der Waals surface area contributed by atoms with Crippen LogP contribution in [0.2, 0.25) is 0 Å². The topological polar surface area (TPSA) is 20.3 Å². The summed E-state index contributed by atoms with van der Waals surface area (Å²) in [5.74, 6) is 0.320. The fraction of sp³-hybridized carbons (Fsp3) is 0.533. The molecule has 0 radical (unpaired) electrons. The molecule has 0 saturated carbocycles. The Morgan fingerprint density at radius 3 is 2.76 bits per heavy atom. The number of rotatable bonds is 3. The highest BCUT2D eigenvalue weighted by atomic mass is 16.2. The van der Waals surface area contributed by atoms with Crippen LogP contribution in [0.3, 0.4) is 0 Å². The van der Waals surface area contributed by atoms with Gasteiger partial charge in [-0.25, -0.2) is 0 Å². The molecule has 2 rings (SSSR count). The summed E-state index contributed by atoms with van der Waals surface area (Å²) in [5, 5.41) is 0.